The van der Waals surface area contributed by atoms with Gasteiger partial charge in [-0.05, 0) is 22.1 Å². The van der Waals surface area contributed by atoms with Gasteiger partial charge in [0.15, 0.2) is 0 Å². The molecule has 3 aromatic rings. The standard InChI is InChI=1S/C20H20N4O5/c1-22(12-17-20(28)29-21-24(17)16-10-6-3-7-11-16)18(25)13-23(14-19(26)27)15-8-4-2-5-9-15/h2-11H,12-14H2,1H3,(H-,21,26,27,28)/p+1. The highest BCUT2D eigenvalue weighted by atomic mass is 16.5. The molecule has 0 saturated carbocycles. The summed E-state index contributed by atoms with van der Waals surface area (Å²) in [5.74, 6) is -1.38. The number of aromatic nitrogens is 2. The van der Waals surface area contributed by atoms with Gasteiger partial charge in [-0.15, -0.1) is 0 Å². The minimum atomic E-state index is -1.04. The predicted molar refractivity (Wildman–Crippen MR) is 104 cm³/mol. The van der Waals surface area contributed by atoms with Gasteiger partial charge < -0.3 is 14.9 Å². The summed E-state index contributed by atoms with van der Waals surface area (Å²) in [6, 6.07) is 17.9. The molecule has 9 nitrogen and oxygen atoms in total. The first-order chi connectivity index (χ1) is 14.0. The van der Waals surface area contributed by atoms with Crippen molar-refractivity contribution < 1.29 is 23.9 Å². The molecule has 0 aliphatic heterocycles. The number of para-hydroxylation sites is 2. The number of aromatic amines is 1. The smallest absolute Gasteiger partial charge is 0.432 e. The molecule has 0 aliphatic carbocycles. The first-order valence-electron chi connectivity index (χ1n) is 8.89. The number of amides is 1. The number of carboxylic acids is 1. The van der Waals surface area contributed by atoms with Gasteiger partial charge in [0.05, 0.1) is 6.54 Å². The van der Waals surface area contributed by atoms with Crippen molar-refractivity contribution in [3.8, 4) is 5.69 Å². The van der Waals surface area contributed by atoms with Crippen molar-refractivity contribution >= 4 is 17.6 Å². The van der Waals surface area contributed by atoms with E-state index in [1.54, 1.807) is 43.4 Å². The average Bonchev–Trinajstić information content (AvgIpc) is 3.08. The second-order valence-electron chi connectivity index (χ2n) is 6.43. The number of carbonyl (C=O) groups excluding carboxylic acids is 1. The normalized spacial score (nSPS) is 10.5. The molecule has 2 N–H and O–H groups in total. The molecule has 0 saturated heterocycles. The second-order valence-corrected chi connectivity index (χ2v) is 6.43. The number of rotatable bonds is 8. The van der Waals surface area contributed by atoms with Crippen molar-refractivity contribution in [3.63, 3.8) is 0 Å². The maximum atomic E-state index is 12.7. The zero-order chi connectivity index (χ0) is 20.8. The summed E-state index contributed by atoms with van der Waals surface area (Å²) in [6.45, 7) is -0.469. The third kappa shape index (κ3) is 4.89. The summed E-state index contributed by atoms with van der Waals surface area (Å²) in [7, 11) is 1.55. The van der Waals surface area contributed by atoms with Gasteiger partial charge in [-0.2, -0.15) is 0 Å². The van der Waals surface area contributed by atoms with E-state index in [0.717, 1.165) is 0 Å². The second kappa shape index (κ2) is 8.87. The van der Waals surface area contributed by atoms with Crippen LogP contribution in [-0.4, -0.2) is 47.3 Å². The van der Waals surface area contributed by atoms with Crippen LogP contribution in [0, 0.1) is 0 Å². The minimum absolute atomic E-state index is 0.00470. The van der Waals surface area contributed by atoms with Crippen molar-refractivity contribution in [2.45, 2.75) is 6.54 Å². The number of nitrogens with one attached hydrogen (secondary N) is 1. The van der Waals surface area contributed by atoms with E-state index >= 15 is 0 Å². The van der Waals surface area contributed by atoms with E-state index in [1.807, 2.05) is 24.3 Å². The van der Waals surface area contributed by atoms with E-state index in [2.05, 4.69) is 5.27 Å². The first kappa shape index (κ1) is 19.9. The Morgan fingerprint density at radius 2 is 1.66 bits per heavy atom. The van der Waals surface area contributed by atoms with Crippen LogP contribution in [0.15, 0.2) is 70.0 Å². The van der Waals surface area contributed by atoms with Crippen LogP contribution in [0.1, 0.15) is 5.69 Å². The van der Waals surface area contributed by atoms with Crippen molar-refractivity contribution in [2.24, 2.45) is 0 Å². The van der Waals surface area contributed by atoms with Gasteiger partial charge in [0, 0.05) is 24.9 Å². The summed E-state index contributed by atoms with van der Waals surface area (Å²) < 4.78 is 6.36. The molecular weight excluding hydrogens is 376 g/mol. The minimum Gasteiger partial charge on any atom is -0.480 e. The molecular formula is C20H21N4O5+. The summed E-state index contributed by atoms with van der Waals surface area (Å²) in [4.78, 5) is 38.9. The quantitative estimate of drug-likeness (QED) is 0.544. The van der Waals surface area contributed by atoms with E-state index in [4.69, 9.17) is 4.52 Å². The predicted octanol–water partition coefficient (Wildman–Crippen LogP) is 0.794. The Hall–Kier alpha value is -3.88. The Balaban J connectivity index is 1.76. The third-order valence-electron chi connectivity index (χ3n) is 4.34. The van der Waals surface area contributed by atoms with E-state index < -0.39 is 11.6 Å². The number of nitrogens with zero attached hydrogens (tertiary/aromatic N) is 3. The lowest BCUT2D eigenvalue weighted by molar-refractivity contribution is -0.678. The monoisotopic (exact) mass is 397 g/mol. The van der Waals surface area contributed by atoms with E-state index in [-0.39, 0.29) is 31.2 Å². The number of aliphatic carboxylic acids is 1. The highest BCUT2D eigenvalue weighted by Crippen LogP contribution is 2.13. The molecule has 0 atom stereocenters. The van der Waals surface area contributed by atoms with Gasteiger partial charge >= 0.3 is 17.3 Å². The molecule has 1 aromatic heterocycles. The molecule has 2 aromatic carbocycles. The van der Waals surface area contributed by atoms with E-state index in [9.17, 15) is 19.5 Å². The van der Waals surface area contributed by atoms with Crippen LogP contribution >= 0.6 is 0 Å². The molecule has 9 heteroatoms. The van der Waals surface area contributed by atoms with Crippen molar-refractivity contribution in [3.05, 3.63) is 76.8 Å². The van der Waals surface area contributed by atoms with E-state index in [0.29, 0.717) is 11.4 Å². The number of benzene rings is 2. The molecule has 0 unspecified atom stereocenters. The van der Waals surface area contributed by atoms with E-state index in [1.165, 1.54) is 14.5 Å². The molecule has 0 fully saturated rings. The van der Waals surface area contributed by atoms with Gasteiger partial charge in [-0.25, -0.2) is 4.79 Å². The number of H-pyrrole nitrogens is 1. The van der Waals surface area contributed by atoms with Crippen LogP contribution in [0.5, 0.6) is 0 Å². The number of hydrogen-bond donors (Lipinski definition) is 2. The number of hydrogen-bond acceptors (Lipinski definition) is 5. The molecule has 150 valence electrons. The first-order valence-corrected chi connectivity index (χ1v) is 8.89. The van der Waals surface area contributed by atoms with Gasteiger partial charge in [-0.1, -0.05) is 36.4 Å². The fourth-order valence-electron chi connectivity index (χ4n) is 2.85. The Labute approximate surface area is 166 Å². The largest absolute Gasteiger partial charge is 0.480 e. The number of carbonyl (C=O) groups is 2. The molecule has 1 heterocycles. The zero-order valence-electron chi connectivity index (χ0n) is 15.8. The Morgan fingerprint density at radius 1 is 1.03 bits per heavy atom. The van der Waals surface area contributed by atoms with Crippen LogP contribution in [0.3, 0.4) is 0 Å². The SMILES string of the molecule is CN(Cc1c(=O)o[nH][n+]1-c1ccccc1)C(=O)CN(CC(=O)O)c1ccccc1. The van der Waals surface area contributed by atoms with Crippen molar-refractivity contribution in [1.29, 1.82) is 0 Å². The van der Waals surface area contributed by atoms with Crippen molar-refractivity contribution in [1.82, 2.24) is 10.2 Å². The molecule has 3 rings (SSSR count). The lowest BCUT2D eigenvalue weighted by atomic mass is 10.2. The average molecular weight is 397 g/mol. The number of anilines is 1. The molecule has 0 radical (unpaired) electrons. The number of carboxylic acid groups (broad SMARTS) is 1. The fraction of sp³-hybridized carbons (Fsp3) is 0.200. The van der Waals surface area contributed by atoms with Crippen LogP contribution in [0.2, 0.25) is 0 Å². The Kier molecular flexibility index (Phi) is 6.08. The van der Waals surface area contributed by atoms with Crippen LogP contribution in [-0.2, 0) is 16.1 Å². The molecule has 29 heavy (non-hydrogen) atoms. The highest BCUT2D eigenvalue weighted by Gasteiger charge is 2.27. The number of likely N-dealkylation sites (N-methyl/N-ethyl adjacent to an activating group) is 1. The van der Waals surface area contributed by atoms with Gasteiger partial charge in [0.1, 0.15) is 13.1 Å². The molecule has 0 spiro atoms. The highest BCUT2D eigenvalue weighted by molar-refractivity contribution is 5.83. The zero-order valence-corrected chi connectivity index (χ0v) is 15.8. The molecule has 1 amide bonds. The lowest BCUT2D eigenvalue weighted by Crippen LogP contribution is -2.45. The summed E-state index contributed by atoms with van der Waals surface area (Å²) in [6.07, 6.45) is 0. The van der Waals surface area contributed by atoms with Gasteiger partial charge in [0.2, 0.25) is 11.6 Å². The fourth-order valence-corrected chi connectivity index (χ4v) is 2.85. The third-order valence-corrected chi connectivity index (χ3v) is 4.34. The summed E-state index contributed by atoms with van der Waals surface area (Å²) in [5.41, 5.74) is 0.971. The molecule has 0 bridgehead atoms. The Bertz CT molecular complexity index is 1030. The van der Waals surface area contributed by atoms with Gasteiger partial charge in [-0.3, -0.25) is 14.1 Å². The maximum Gasteiger partial charge on any atom is 0.432 e. The van der Waals surface area contributed by atoms with Gasteiger partial charge in [0.25, 0.3) is 0 Å². The molecule has 0 aliphatic rings. The lowest BCUT2D eigenvalue weighted by Gasteiger charge is -2.24. The van der Waals surface area contributed by atoms with Crippen molar-refractivity contribution in [2.75, 3.05) is 25.0 Å². The topological polar surface area (TPSA) is 111 Å². The maximum absolute atomic E-state index is 12.7. The summed E-state index contributed by atoms with van der Waals surface area (Å²) in [5, 5.41) is 11.7. The van der Waals surface area contributed by atoms with Crippen LogP contribution in [0.25, 0.3) is 5.69 Å². The summed E-state index contributed by atoms with van der Waals surface area (Å²) >= 11 is 0. The van der Waals surface area contributed by atoms with Crippen LogP contribution < -0.4 is 15.2 Å². The van der Waals surface area contributed by atoms with Crippen LogP contribution in [0.4, 0.5) is 5.69 Å². The Morgan fingerprint density at radius 3 is 2.28 bits per heavy atom.